The molecule has 5 nitrogen and oxygen atoms in total. The SMILES string of the molecule is CC1COCCC1c1nc(N)n(C)n1. The first-order valence-corrected chi connectivity index (χ1v) is 4.92. The number of aromatic nitrogens is 3. The van der Waals surface area contributed by atoms with Crippen molar-refractivity contribution < 1.29 is 4.74 Å². The predicted molar refractivity (Wildman–Crippen MR) is 52.8 cm³/mol. The van der Waals surface area contributed by atoms with Gasteiger partial charge in [-0.2, -0.15) is 10.1 Å². The highest BCUT2D eigenvalue weighted by atomic mass is 16.5. The van der Waals surface area contributed by atoms with Gasteiger partial charge >= 0.3 is 0 Å². The van der Waals surface area contributed by atoms with Crippen LogP contribution in [0.15, 0.2) is 0 Å². The molecule has 2 atom stereocenters. The highest BCUT2D eigenvalue weighted by Gasteiger charge is 2.27. The molecule has 0 amide bonds. The zero-order chi connectivity index (χ0) is 10.1. The molecule has 2 N–H and O–H groups in total. The van der Waals surface area contributed by atoms with Crippen molar-refractivity contribution >= 4 is 5.95 Å². The normalized spacial score (nSPS) is 27.9. The Hall–Kier alpha value is -1.10. The minimum Gasteiger partial charge on any atom is -0.381 e. The van der Waals surface area contributed by atoms with Crippen LogP contribution in [-0.2, 0) is 11.8 Å². The Balaban J connectivity index is 2.20. The van der Waals surface area contributed by atoms with E-state index in [1.165, 1.54) is 0 Å². The van der Waals surface area contributed by atoms with Gasteiger partial charge in [-0.15, -0.1) is 0 Å². The molecule has 14 heavy (non-hydrogen) atoms. The lowest BCUT2D eigenvalue weighted by Crippen LogP contribution is -2.24. The van der Waals surface area contributed by atoms with Crippen molar-refractivity contribution in [1.82, 2.24) is 14.8 Å². The Kier molecular flexibility index (Phi) is 2.41. The van der Waals surface area contributed by atoms with Gasteiger partial charge in [0.05, 0.1) is 0 Å². The van der Waals surface area contributed by atoms with Crippen LogP contribution in [0, 0.1) is 5.92 Å². The first-order valence-electron chi connectivity index (χ1n) is 4.92. The van der Waals surface area contributed by atoms with Crippen LogP contribution in [0.3, 0.4) is 0 Å². The molecule has 78 valence electrons. The van der Waals surface area contributed by atoms with Gasteiger partial charge in [0, 0.05) is 26.2 Å². The van der Waals surface area contributed by atoms with Crippen molar-refractivity contribution in [2.45, 2.75) is 19.3 Å². The van der Waals surface area contributed by atoms with E-state index in [-0.39, 0.29) is 0 Å². The van der Waals surface area contributed by atoms with Crippen molar-refractivity contribution in [2.75, 3.05) is 18.9 Å². The van der Waals surface area contributed by atoms with E-state index in [2.05, 4.69) is 17.0 Å². The third kappa shape index (κ3) is 1.59. The summed E-state index contributed by atoms with van der Waals surface area (Å²) in [7, 11) is 1.82. The lowest BCUT2D eigenvalue weighted by Gasteiger charge is -2.26. The molecule has 1 saturated heterocycles. The van der Waals surface area contributed by atoms with Crippen LogP contribution in [0.2, 0.25) is 0 Å². The summed E-state index contributed by atoms with van der Waals surface area (Å²) in [6.07, 6.45) is 0.991. The highest BCUT2D eigenvalue weighted by Crippen LogP contribution is 2.29. The van der Waals surface area contributed by atoms with E-state index >= 15 is 0 Å². The summed E-state index contributed by atoms with van der Waals surface area (Å²) in [5.74, 6) is 2.22. The number of aryl methyl sites for hydroxylation is 1. The Bertz CT molecular complexity index is 303. The molecule has 1 aromatic heterocycles. The molecular weight excluding hydrogens is 180 g/mol. The van der Waals surface area contributed by atoms with E-state index in [0.717, 1.165) is 25.5 Å². The third-order valence-electron chi connectivity index (χ3n) is 2.79. The molecule has 2 unspecified atom stereocenters. The second-order valence-electron chi connectivity index (χ2n) is 3.90. The van der Waals surface area contributed by atoms with E-state index in [1.54, 1.807) is 4.68 Å². The molecule has 0 radical (unpaired) electrons. The summed E-state index contributed by atoms with van der Waals surface area (Å²) in [4.78, 5) is 4.26. The lowest BCUT2D eigenvalue weighted by molar-refractivity contribution is 0.0452. The van der Waals surface area contributed by atoms with Crippen molar-refractivity contribution in [3.8, 4) is 0 Å². The monoisotopic (exact) mass is 196 g/mol. The van der Waals surface area contributed by atoms with Crippen molar-refractivity contribution in [1.29, 1.82) is 0 Å². The standard InChI is InChI=1S/C9H16N4O/c1-6-5-14-4-3-7(6)8-11-9(10)13(2)12-8/h6-7H,3-5H2,1-2H3,(H2,10,11,12). The summed E-state index contributed by atoms with van der Waals surface area (Å²) in [6.45, 7) is 3.76. The number of nitrogens with zero attached hydrogens (tertiary/aromatic N) is 3. The Morgan fingerprint density at radius 1 is 1.57 bits per heavy atom. The van der Waals surface area contributed by atoms with Gasteiger partial charge < -0.3 is 10.5 Å². The molecule has 1 fully saturated rings. The van der Waals surface area contributed by atoms with Crippen LogP contribution in [0.25, 0.3) is 0 Å². The average Bonchev–Trinajstić information content (AvgIpc) is 2.48. The van der Waals surface area contributed by atoms with Crippen LogP contribution < -0.4 is 5.73 Å². The van der Waals surface area contributed by atoms with E-state index < -0.39 is 0 Å². The van der Waals surface area contributed by atoms with Gasteiger partial charge in [0.15, 0.2) is 5.82 Å². The molecule has 0 bridgehead atoms. The Morgan fingerprint density at radius 2 is 2.36 bits per heavy atom. The minimum atomic E-state index is 0.396. The molecule has 5 heteroatoms. The zero-order valence-electron chi connectivity index (χ0n) is 8.60. The second kappa shape index (κ2) is 3.57. The molecule has 0 saturated carbocycles. The van der Waals surface area contributed by atoms with E-state index in [0.29, 0.717) is 17.8 Å². The maximum Gasteiger partial charge on any atom is 0.218 e. The molecule has 0 spiro atoms. The Labute approximate surface area is 83.3 Å². The number of hydrogen-bond acceptors (Lipinski definition) is 4. The largest absolute Gasteiger partial charge is 0.381 e. The molecule has 2 rings (SSSR count). The van der Waals surface area contributed by atoms with Gasteiger partial charge in [-0.1, -0.05) is 6.92 Å². The van der Waals surface area contributed by atoms with Crippen molar-refractivity contribution in [3.63, 3.8) is 0 Å². The molecule has 1 aliphatic heterocycles. The molecule has 0 aliphatic carbocycles. The second-order valence-corrected chi connectivity index (χ2v) is 3.90. The summed E-state index contributed by atoms with van der Waals surface area (Å²) in [5.41, 5.74) is 5.65. The Morgan fingerprint density at radius 3 is 2.93 bits per heavy atom. The zero-order valence-corrected chi connectivity index (χ0v) is 8.60. The highest BCUT2D eigenvalue weighted by molar-refractivity contribution is 5.17. The lowest BCUT2D eigenvalue weighted by atomic mass is 9.89. The fourth-order valence-corrected chi connectivity index (χ4v) is 1.84. The van der Waals surface area contributed by atoms with Crippen molar-refractivity contribution in [3.05, 3.63) is 5.82 Å². The fourth-order valence-electron chi connectivity index (χ4n) is 1.84. The quantitative estimate of drug-likeness (QED) is 0.711. The smallest absolute Gasteiger partial charge is 0.218 e. The van der Waals surface area contributed by atoms with Gasteiger partial charge in [-0.3, -0.25) is 0 Å². The summed E-state index contributed by atoms with van der Waals surface area (Å²) >= 11 is 0. The van der Waals surface area contributed by atoms with E-state index in [9.17, 15) is 0 Å². The number of nitrogens with two attached hydrogens (primary N) is 1. The van der Waals surface area contributed by atoms with Gasteiger partial charge in [0.1, 0.15) is 0 Å². The van der Waals surface area contributed by atoms with E-state index in [1.807, 2.05) is 7.05 Å². The first kappa shape index (κ1) is 9.45. The van der Waals surface area contributed by atoms with Gasteiger partial charge in [-0.25, -0.2) is 4.68 Å². The molecule has 1 aromatic rings. The summed E-state index contributed by atoms with van der Waals surface area (Å²) in [6, 6.07) is 0. The molecule has 0 aromatic carbocycles. The average molecular weight is 196 g/mol. The van der Waals surface area contributed by atoms with Gasteiger partial charge in [0.25, 0.3) is 0 Å². The van der Waals surface area contributed by atoms with Crippen LogP contribution >= 0.6 is 0 Å². The minimum absolute atomic E-state index is 0.396. The van der Waals surface area contributed by atoms with Crippen LogP contribution in [0.4, 0.5) is 5.95 Å². The topological polar surface area (TPSA) is 66.0 Å². The van der Waals surface area contributed by atoms with Crippen LogP contribution in [-0.4, -0.2) is 28.0 Å². The summed E-state index contributed by atoms with van der Waals surface area (Å²) < 4.78 is 7.00. The number of rotatable bonds is 1. The number of hydrogen-bond donors (Lipinski definition) is 1. The van der Waals surface area contributed by atoms with Gasteiger partial charge in [-0.05, 0) is 12.3 Å². The van der Waals surface area contributed by atoms with Gasteiger partial charge in [0.2, 0.25) is 5.95 Å². The predicted octanol–water partition coefficient (Wildman–Crippen LogP) is 0.537. The maximum absolute atomic E-state index is 5.65. The number of ether oxygens (including phenoxy) is 1. The number of nitrogen functional groups attached to an aromatic ring is 1. The molecular formula is C9H16N4O. The molecule has 2 heterocycles. The maximum atomic E-state index is 5.65. The van der Waals surface area contributed by atoms with Crippen LogP contribution in [0.1, 0.15) is 25.1 Å². The fraction of sp³-hybridized carbons (Fsp3) is 0.778. The van der Waals surface area contributed by atoms with E-state index in [4.69, 9.17) is 10.5 Å². The first-order chi connectivity index (χ1) is 6.68. The third-order valence-corrected chi connectivity index (χ3v) is 2.79. The number of anilines is 1. The van der Waals surface area contributed by atoms with Crippen LogP contribution in [0.5, 0.6) is 0 Å². The molecule has 1 aliphatic rings. The summed E-state index contributed by atoms with van der Waals surface area (Å²) in [5, 5.41) is 4.31. The van der Waals surface area contributed by atoms with Crippen molar-refractivity contribution in [2.24, 2.45) is 13.0 Å².